The third-order valence-electron chi connectivity index (χ3n) is 14.1. The Morgan fingerprint density at radius 1 is 0.506 bits per heavy atom. The Hall–Kier alpha value is -9.96. The number of carbonyl (C=O) groups is 1. The molecule has 6 aromatic heterocycles. The molecule has 12 rings (SSSR count). The summed E-state index contributed by atoms with van der Waals surface area (Å²) in [6, 6.07) is 57.1. The van der Waals surface area contributed by atoms with Gasteiger partial charge >= 0.3 is 0 Å². The molecule has 0 saturated heterocycles. The maximum absolute atomic E-state index is 11.6. The number of hydrogen-bond acceptors (Lipinski definition) is 13. The van der Waals surface area contributed by atoms with Gasteiger partial charge in [-0.25, -0.2) is 43.9 Å². The van der Waals surface area contributed by atoms with Crippen molar-refractivity contribution in [3.63, 3.8) is 0 Å². The number of nitrogens with zero attached hydrogens (tertiary/aromatic N) is 12. The van der Waals surface area contributed by atoms with E-state index in [9.17, 15) is 4.79 Å². The molecule has 16 nitrogen and oxygen atoms in total. The van der Waals surface area contributed by atoms with Gasteiger partial charge in [0.1, 0.15) is 53.0 Å². The van der Waals surface area contributed by atoms with Gasteiger partial charge in [-0.05, 0) is 43.9 Å². The predicted octanol–water partition coefficient (Wildman–Crippen LogP) is 14.3. The molecule has 0 spiro atoms. The summed E-state index contributed by atoms with van der Waals surface area (Å²) in [6.45, 7) is 12.1. The molecule has 0 amide bonds. The van der Waals surface area contributed by atoms with Gasteiger partial charge in [-0.15, -0.1) is 0 Å². The standard InChI is InChI=1S/C22H21N5O.2C21H21N5.3CH4/c1-14(16-6-4-3-5-7-16)12-27-22-19(21(23)24-13-25-22)20(26-27)18-10-8-17(9-11-18)15(2)28;1-15-23-20(22-2)18-19(17-11-7-4-8-12-17)25-26(21(18)24-15)14-13-16-9-5-3-6-10-16;1-14-8-10-17(11-9-14)19-18-20(22)23-13-24-21(18)26(25-19)12-15(2)16-6-4-3-5-7-16;;;/h3-11,13-14H,12H2,1-2H3,(H2,23,24,25);3-12H,13-14H2,1-2H3,(H,22,23,24);3-11,13,15H,12H2,1-2H3,(H2,22,23,24);3*1H4. The number of nitrogens with one attached hydrogen (secondary N) is 1. The van der Waals surface area contributed by atoms with Crippen molar-refractivity contribution in [2.45, 2.75) is 94.8 Å². The van der Waals surface area contributed by atoms with Gasteiger partial charge in [0.05, 0.1) is 16.2 Å². The van der Waals surface area contributed by atoms with E-state index in [0.29, 0.717) is 35.3 Å². The van der Waals surface area contributed by atoms with Crippen LogP contribution in [0.4, 0.5) is 17.5 Å². The van der Waals surface area contributed by atoms with Crippen molar-refractivity contribution in [3.8, 4) is 33.8 Å². The molecule has 16 heteroatoms. The van der Waals surface area contributed by atoms with Crippen LogP contribution in [0.3, 0.4) is 0 Å². The lowest BCUT2D eigenvalue weighted by Gasteiger charge is -2.12. The van der Waals surface area contributed by atoms with Crippen LogP contribution in [0.25, 0.3) is 66.9 Å². The Morgan fingerprint density at radius 2 is 0.928 bits per heavy atom. The van der Waals surface area contributed by atoms with Gasteiger partial charge in [-0.3, -0.25) is 4.79 Å². The molecule has 0 bridgehead atoms. The number of hydrogen-bond donors (Lipinski definition) is 3. The highest BCUT2D eigenvalue weighted by atomic mass is 16.1. The van der Waals surface area contributed by atoms with Crippen LogP contribution >= 0.6 is 0 Å². The van der Waals surface area contributed by atoms with E-state index in [4.69, 9.17) is 31.7 Å². The molecule has 0 aliphatic rings. The van der Waals surface area contributed by atoms with Gasteiger partial charge in [0.25, 0.3) is 0 Å². The highest BCUT2D eigenvalue weighted by Gasteiger charge is 2.22. The second-order valence-electron chi connectivity index (χ2n) is 19.8. The first-order chi connectivity index (χ1) is 38.9. The molecular weight excluding hydrogens is 1030 g/mol. The first-order valence-corrected chi connectivity index (χ1v) is 26.7. The van der Waals surface area contributed by atoms with Crippen molar-refractivity contribution < 1.29 is 4.79 Å². The predicted molar refractivity (Wildman–Crippen MR) is 340 cm³/mol. The van der Waals surface area contributed by atoms with Gasteiger partial charge in [-0.1, -0.05) is 212 Å². The maximum atomic E-state index is 11.6. The van der Waals surface area contributed by atoms with Crippen molar-refractivity contribution in [2.24, 2.45) is 0 Å². The number of rotatable bonds is 14. The number of anilines is 3. The van der Waals surface area contributed by atoms with Crippen LogP contribution < -0.4 is 16.8 Å². The molecule has 2 unspecified atom stereocenters. The fraction of sp³-hybridized carbons (Fsp3) is 0.224. The fourth-order valence-corrected chi connectivity index (χ4v) is 9.78. The highest BCUT2D eigenvalue weighted by Crippen LogP contribution is 2.35. The largest absolute Gasteiger partial charge is 0.383 e. The second kappa shape index (κ2) is 27.5. The van der Waals surface area contributed by atoms with Gasteiger partial charge in [0, 0.05) is 60.8 Å². The summed E-state index contributed by atoms with van der Waals surface area (Å²) >= 11 is 0. The zero-order valence-electron chi connectivity index (χ0n) is 45.7. The number of nitrogens with two attached hydrogens (primary N) is 2. The third kappa shape index (κ3) is 13.6. The summed E-state index contributed by atoms with van der Waals surface area (Å²) in [6.07, 6.45) is 3.87. The van der Waals surface area contributed by atoms with Crippen LogP contribution in [0.5, 0.6) is 0 Å². The van der Waals surface area contributed by atoms with E-state index >= 15 is 0 Å². The Balaban J connectivity index is 0.000000176. The van der Waals surface area contributed by atoms with Gasteiger partial charge in [0.2, 0.25) is 0 Å². The molecule has 424 valence electrons. The quantitative estimate of drug-likeness (QED) is 0.0866. The summed E-state index contributed by atoms with van der Waals surface area (Å²) in [7, 11) is 1.89. The second-order valence-corrected chi connectivity index (χ2v) is 19.8. The van der Waals surface area contributed by atoms with Crippen LogP contribution in [0.15, 0.2) is 183 Å². The summed E-state index contributed by atoms with van der Waals surface area (Å²) in [5.41, 5.74) is 25.8. The Kier molecular flexibility index (Phi) is 20.1. The van der Waals surface area contributed by atoms with E-state index in [1.807, 2.05) is 88.7 Å². The molecule has 0 fully saturated rings. The molecule has 0 radical (unpaired) electrons. The van der Waals surface area contributed by atoms with Crippen LogP contribution in [0.2, 0.25) is 0 Å². The highest BCUT2D eigenvalue weighted by molar-refractivity contribution is 6.01. The van der Waals surface area contributed by atoms with Crippen LogP contribution in [-0.4, -0.2) is 72.1 Å². The maximum Gasteiger partial charge on any atom is 0.164 e. The van der Waals surface area contributed by atoms with Crippen LogP contribution in [0, 0.1) is 13.8 Å². The number of ketones is 1. The first-order valence-electron chi connectivity index (χ1n) is 26.7. The third-order valence-corrected chi connectivity index (χ3v) is 14.1. The van der Waals surface area contributed by atoms with Crippen molar-refractivity contribution in [1.82, 2.24) is 59.2 Å². The van der Waals surface area contributed by atoms with Crippen molar-refractivity contribution in [3.05, 3.63) is 216 Å². The van der Waals surface area contributed by atoms with E-state index in [2.05, 4.69) is 148 Å². The number of aryl methyl sites for hydroxylation is 4. The van der Waals surface area contributed by atoms with E-state index in [1.165, 1.54) is 34.9 Å². The molecule has 12 aromatic rings. The van der Waals surface area contributed by atoms with E-state index in [1.54, 1.807) is 19.1 Å². The molecule has 2 atom stereocenters. The Morgan fingerprint density at radius 3 is 1.40 bits per heavy atom. The lowest BCUT2D eigenvalue weighted by Crippen LogP contribution is -2.08. The number of aromatic nitrogens is 12. The summed E-state index contributed by atoms with van der Waals surface area (Å²) in [4.78, 5) is 38.0. The number of carbonyl (C=O) groups excluding carboxylic acids is 1. The summed E-state index contributed by atoms with van der Waals surface area (Å²) < 4.78 is 5.83. The number of nitrogen functional groups attached to an aromatic ring is 2. The lowest BCUT2D eigenvalue weighted by molar-refractivity contribution is 0.101. The van der Waals surface area contributed by atoms with Gasteiger partial charge < -0.3 is 16.8 Å². The molecule has 6 heterocycles. The van der Waals surface area contributed by atoms with Crippen LogP contribution in [0.1, 0.15) is 93.3 Å². The zero-order chi connectivity index (χ0) is 55.7. The molecule has 6 aromatic carbocycles. The average Bonchev–Trinajstić information content (AvgIpc) is 4.12. The zero-order valence-corrected chi connectivity index (χ0v) is 45.7. The Bertz CT molecular complexity index is 4030. The smallest absolute Gasteiger partial charge is 0.164 e. The van der Waals surface area contributed by atoms with E-state index in [0.717, 1.165) is 92.4 Å². The van der Waals surface area contributed by atoms with Crippen molar-refractivity contribution in [2.75, 3.05) is 23.8 Å². The average molecular weight is 1110 g/mol. The minimum absolute atomic E-state index is 0. The van der Waals surface area contributed by atoms with E-state index in [-0.39, 0.29) is 34.0 Å². The van der Waals surface area contributed by atoms with Gasteiger partial charge in [0.15, 0.2) is 22.7 Å². The minimum Gasteiger partial charge on any atom is -0.383 e. The molecule has 0 saturated carbocycles. The molecule has 0 aliphatic carbocycles. The number of Topliss-reactive ketones (excluding diaryl/α,β-unsaturated/α-hetero) is 1. The summed E-state index contributed by atoms with van der Waals surface area (Å²) in [5, 5.41) is 20.3. The molecular formula is C67H75N15O. The topological polar surface area (TPSA) is 212 Å². The van der Waals surface area contributed by atoms with Crippen molar-refractivity contribution >= 4 is 56.3 Å². The molecule has 83 heavy (non-hydrogen) atoms. The normalized spacial score (nSPS) is 11.4. The lowest BCUT2D eigenvalue weighted by atomic mass is 10.0. The SMILES string of the molecule is C.C.C.CC(=O)c1ccc(-c2nn(CC(C)c3ccccc3)c3ncnc(N)c23)cc1.CNc1nc(C)nc2c1c(-c1ccccc1)nn2CCc1ccccc1.Cc1ccc(-c2nn(CC(C)c3ccccc3)c3ncnc(N)c23)cc1. The minimum atomic E-state index is 0. The van der Waals surface area contributed by atoms with Gasteiger partial charge in [-0.2, -0.15) is 15.3 Å². The monoisotopic (exact) mass is 1110 g/mol. The molecule has 0 aliphatic heterocycles. The Labute approximate surface area is 486 Å². The van der Waals surface area contributed by atoms with Crippen LogP contribution in [-0.2, 0) is 26.1 Å². The number of fused-ring (bicyclic) bond motifs is 3. The molecule has 5 N–H and O–H groups in total. The summed E-state index contributed by atoms with van der Waals surface area (Å²) in [5.74, 6) is 3.01. The fourth-order valence-electron chi connectivity index (χ4n) is 9.78. The number of benzene rings is 6. The first kappa shape index (κ1) is 60.7. The van der Waals surface area contributed by atoms with Crippen molar-refractivity contribution in [1.29, 1.82) is 0 Å². The van der Waals surface area contributed by atoms with E-state index < -0.39 is 0 Å².